The Bertz CT molecular complexity index is 956. The van der Waals surface area contributed by atoms with Gasteiger partial charge in [-0.1, -0.05) is 219 Å². The molecule has 4 heteroatoms. The first-order valence-corrected chi connectivity index (χ1v) is 23.5. The molecule has 4 nitrogen and oxygen atoms in total. The fourth-order valence-corrected chi connectivity index (χ4v) is 7.71. The number of hydrogen-bond acceptors (Lipinski definition) is 4. The lowest BCUT2D eigenvalue weighted by Gasteiger charge is -2.05. The fraction of sp³-hybridized carbons (Fsp3) is 0.760. The van der Waals surface area contributed by atoms with Crippen LogP contribution in [-0.2, 0) is 12.8 Å². The third-order valence-electron chi connectivity index (χ3n) is 11.1. The van der Waals surface area contributed by atoms with Crippen LogP contribution in [0.25, 0.3) is 0 Å². The SMILES string of the molecule is CCCCCCCCCCCCCCCCCCCc1cc(O)cc(O)c1.CCCCCCCCCCCCCCCCCCCc1cc(O)cc(O)c1. The van der Waals surface area contributed by atoms with Gasteiger partial charge in [0, 0.05) is 12.1 Å². The minimum atomic E-state index is 0.164. The highest BCUT2D eigenvalue weighted by Gasteiger charge is 2.02. The summed E-state index contributed by atoms with van der Waals surface area (Å²) in [6, 6.07) is 9.80. The highest BCUT2D eigenvalue weighted by atomic mass is 16.3. The quantitative estimate of drug-likeness (QED) is 0.0523. The van der Waals surface area contributed by atoms with Crippen molar-refractivity contribution >= 4 is 0 Å². The van der Waals surface area contributed by atoms with Crippen molar-refractivity contribution in [2.45, 2.75) is 245 Å². The molecule has 2 aromatic rings. The van der Waals surface area contributed by atoms with E-state index in [1.54, 1.807) is 24.3 Å². The van der Waals surface area contributed by atoms with Crippen LogP contribution in [0.2, 0.25) is 0 Å². The minimum absolute atomic E-state index is 0.164. The van der Waals surface area contributed by atoms with Crippen LogP contribution >= 0.6 is 0 Å². The van der Waals surface area contributed by atoms with Crippen LogP contribution in [0.4, 0.5) is 0 Å². The van der Waals surface area contributed by atoms with E-state index in [0.29, 0.717) is 0 Å². The molecule has 0 aliphatic rings. The predicted molar refractivity (Wildman–Crippen MR) is 235 cm³/mol. The van der Waals surface area contributed by atoms with Crippen LogP contribution in [0.5, 0.6) is 23.0 Å². The van der Waals surface area contributed by atoms with Gasteiger partial charge in [0.05, 0.1) is 0 Å². The topological polar surface area (TPSA) is 80.9 Å². The maximum absolute atomic E-state index is 9.48. The maximum Gasteiger partial charge on any atom is 0.119 e. The molecule has 0 atom stereocenters. The van der Waals surface area contributed by atoms with Gasteiger partial charge in [0.15, 0.2) is 0 Å². The van der Waals surface area contributed by atoms with Gasteiger partial charge in [0.25, 0.3) is 0 Å². The zero-order valence-corrected chi connectivity index (χ0v) is 35.7. The van der Waals surface area contributed by atoms with Crippen LogP contribution in [0.1, 0.15) is 243 Å². The monoisotopic (exact) mass is 753 g/mol. The minimum Gasteiger partial charge on any atom is -0.508 e. The molecule has 0 saturated carbocycles. The van der Waals surface area contributed by atoms with Gasteiger partial charge in [-0.3, -0.25) is 0 Å². The molecule has 0 amide bonds. The molecule has 0 aliphatic carbocycles. The molecule has 0 aromatic heterocycles. The van der Waals surface area contributed by atoms with Crippen molar-refractivity contribution in [1.29, 1.82) is 0 Å². The molecular weight excluding hydrogens is 665 g/mol. The first-order chi connectivity index (χ1) is 26.4. The van der Waals surface area contributed by atoms with E-state index < -0.39 is 0 Å². The third kappa shape index (κ3) is 33.0. The number of aromatic hydroxyl groups is 4. The maximum atomic E-state index is 9.48. The van der Waals surface area contributed by atoms with E-state index in [4.69, 9.17) is 0 Å². The summed E-state index contributed by atoms with van der Waals surface area (Å²) in [5.74, 6) is 0.655. The molecule has 0 heterocycles. The molecule has 312 valence electrons. The van der Waals surface area contributed by atoms with Crippen LogP contribution in [0.3, 0.4) is 0 Å². The van der Waals surface area contributed by atoms with Crippen molar-refractivity contribution in [3.05, 3.63) is 47.5 Å². The Labute approximate surface area is 335 Å². The molecule has 0 radical (unpaired) electrons. The van der Waals surface area contributed by atoms with Gasteiger partial charge in [-0.25, -0.2) is 0 Å². The van der Waals surface area contributed by atoms with Crippen molar-refractivity contribution in [1.82, 2.24) is 0 Å². The Morgan fingerprint density at radius 1 is 0.241 bits per heavy atom. The summed E-state index contributed by atoms with van der Waals surface area (Å²) in [7, 11) is 0. The zero-order valence-electron chi connectivity index (χ0n) is 35.7. The van der Waals surface area contributed by atoms with E-state index in [0.717, 1.165) is 36.8 Å². The van der Waals surface area contributed by atoms with Gasteiger partial charge >= 0.3 is 0 Å². The molecule has 4 N–H and O–H groups in total. The molecule has 2 aromatic carbocycles. The van der Waals surface area contributed by atoms with Gasteiger partial charge < -0.3 is 20.4 Å². The number of phenols is 4. The van der Waals surface area contributed by atoms with Gasteiger partial charge in [-0.2, -0.15) is 0 Å². The number of hydrogen-bond donors (Lipinski definition) is 4. The Morgan fingerprint density at radius 3 is 0.593 bits per heavy atom. The lowest BCUT2D eigenvalue weighted by Crippen LogP contribution is -1.87. The molecule has 0 fully saturated rings. The van der Waals surface area contributed by atoms with Crippen LogP contribution in [0, 0.1) is 0 Å². The number of aryl methyl sites for hydroxylation is 2. The summed E-state index contributed by atoms with van der Waals surface area (Å²) in [5.41, 5.74) is 2.07. The fourth-order valence-electron chi connectivity index (χ4n) is 7.71. The first-order valence-electron chi connectivity index (χ1n) is 23.5. The number of rotatable bonds is 36. The summed E-state index contributed by atoms with van der Waals surface area (Å²) in [6.07, 6.45) is 49.0. The summed E-state index contributed by atoms with van der Waals surface area (Å²) in [6.45, 7) is 4.57. The summed E-state index contributed by atoms with van der Waals surface area (Å²) < 4.78 is 0. The average molecular weight is 753 g/mol. The second kappa shape index (κ2) is 37.6. The Balaban J connectivity index is 0.000000540. The summed E-state index contributed by atoms with van der Waals surface area (Å²) >= 11 is 0. The van der Waals surface area contributed by atoms with E-state index in [-0.39, 0.29) is 23.0 Å². The smallest absolute Gasteiger partial charge is 0.119 e. The van der Waals surface area contributed by atoms with Crippen LogP contribution < -0.4 is 0 Å². The summed E-state index contributed by atoms with van der Waals surface area (Å²) in [5, 5.41) is 37.9. The van der Waals surface area contributed by atoms with Crippen LogP contribution in [0.15, 0.2) is 36.4 Å². The highest BCUT2D eigenvalue weighted by Crippen LogP contribution is 2.24. The normalized spacial score (nSPS) is 11.1. The van der Waals surface area contributed by atoms with E-state index in [9.17, 15) is 20.4 Å². The van der Waals surface area contributed by atoms with E-state index in [1.165, 1.54) is 218 Å². The third-order valence-corrected chi connectivity index (χ3v) is 11.1. The van der Waals surface area contributed by atoms with E-state index in [2.05, 4.69) is 13.8 Å². The molecule has 0 spiro atoms. The standard InChI is InChI=1S/2C25H44O2/c2*1-2-3-4-5-6-7-8-9-10-11-12-13-14-15-16-17-18-19-23-20-24(26)22-25(27)21-23/h2*20-22,26-27H,2-19H2,1H3. The zero-order chi connectivity index (χ0) is 39.2. The second-order valence-corrected chi connectivity index (χ2v) is 16.5. The Hall–Kier alpha value is -2.36. The van der Waals surface area contributed by atoms with Crippen molar-refractivity contribution < 1.29 is 20.4 Å². The first kappa shape index (κ1) is 49.7. The Kier molecular flexibility index (Phi) is 34.5. The summed E-state index contributed by atoms with van der Waals surface area (Å²) in [4.78, 5) is 0. The van der Waals surface area contributed by atoms with Crippen molar-refractivity contribution in [3.63, 3.8) is 0 Å². The molecule has 0 unspecified atom stereocenters. The largest absolute Gasteiger partial charge is 0.508 e. The molecular formula is C50H88O4. The molecule has 0 aliphatic heterocycles. The van der Waals surface area contributed by atoms with Gasteiger partial charge in [0.2, 0.25) is 0 Å². The van der Waals surface area contributed by atoms with Gasteiger partial charge in [0.1, 0.15) is 23.0 Å². The van der Waals surface area contributed by atoms with Gasteiger partial charge in [-0.05, 0) is 61.1 Å². The number of benzene rings is 2. The molecule has 0 bridgehead atoms. The van der Waals surface area contributed by atoms with Crippen LogP contribution in [-0.4, -0.2) is 20.4 Å². The van der Waals surface area contributed by atoms with Gasteiger partial charge in [-0.15, -0.1) is 0 Å². The molecule has 54 heavy (non-hydrogen) atoms. The van der Waals surface area contributed by atoms with Crippen molar-refractivity contribution in [3.8, 4) is 23.0 Å². The molecule has 2 rings (SSSR count). The van der Waals surface area contributed by atoms with E-state index in [1.807, 2.05) is 0 Å². The predicted octanol–water partition coefficient (Wildman–Crippen LogP) is 16.6. The van der Waals surface area contributed by atoms with Crippen molar-refractivity contribution in [2.24, 2.45) is 0 Å². The lowest BCUT2D eigenvalue weighted by atomic mass is 10.0. The highest BCUT2D eigenvalue weighted by molar-refractivity contribution is 5.37. The lowest BCUT2D eigenvalue weighted by molar-refractivity contribution is 0.447. The number of phenolic OH excluding ortho intramolecular Hbond substituents is 4. The second-order valence-electron chi connectivity index (χ2n) is 16.5. The molecule has 0 saturated heterocycles. The van der Waals surface area contributed by atoms with E-state index >= 15 is 0 Å². The Morgan fingerprint density at radius 2 is 0.407 bits per heavy atom. The van der Waals surface area contributed by atoms with Crippen molar-refractivity contribution in [2.75, 3.05) is 0 Å². The number of unbranched alkanes of at least 4 members (excludes halogenated alkanes) is 32. The average Bonchev–Trinajstić information content (AvgIpc) is 3.13.